The number of carbonyl (C=O) groups is 3. The summed E-state index contributed by atoms with van der Waals surface area (Å²) in [6.45, 7) is 5.24. The van der Waals surface area contributed by atoms with E-state index in [4.69, 9.17) is 26.0 Å². The minimum Gasteiger partial charge on any atom is -0.482 e. The van der Waals surface area contributed by atoms with Gasteiger partial charge in [0.1, 0.15) is 23.7 Å². The van der Waals surface area contributed by atoms with Gasteiger partial charge in [-0.25, -0.2) is 4.79 Å². The number of carbonyl (C=O) groups excluding carboxylic acids is 2. The molecule has 2 fully saturated rings. The van der Waals surface area contributed by atoms with Crippen LogP contribution in [0.15, 0.2) is 18.2 Å². The van der Waals surface area contributed by atoms with E-state index >= 15 is 0 Å². The van der Waals surface area contributed by atoms with Crippen molar-refractivity contribution in [2.45, 2.75) is 103 Å². The van der Waals surface area contributed by atoms with Gasteiger partial charge in [-0.15, -0.1) is 0 Å². The van der Waals surface area contributed by atoms with Crippen molar-refractivity contribution in [3.63, 3.8) is 0 Å². The molecule has 0 aromatic heterocycles. The smallest absolute Gasteiger partial charge is 0.341 e. The summed E-state index contributed by atoms with van der Waals surface area (Å²) >= 11 is 0. The lowest BCUT2D eigenvalue weighted by molar-refractivity contribution is -0.153. The van der Waals surface area contributed by atoms with Crippen LogP contribution in [0.5, 0.6) is 5.75 Å². The fraction of sp³-hybridized carbons (Fsp3) is 0.710. The summed E-state index contributed by atoms with van der Waals surface area (Å²) in [7, 11) is 0. The molecule has 39 heavy (non-hydrogen) atoms. The van der Waals surface area contributed by atoms with Crippen molar-refractivity contribution in [3.05, 3.63) is 29.3 Å². The van der Waals surface area contributed by atoms with E-state index in [1.165, 1.54) is 5.56 Å². The molecule has 3 aliphatic carbocycles. The Morgan fingerprint density at radius 2 is 1.90 bits per heavy atom. The molecule has 4 rings (SSSR count). The topological polar surface area (TPSA) is 142 Å². The number of carboxylic acids is 1. The first kappa shape index (κ1) is 29.5. The van der Waals surface area contributed by atoms with Crippen LogP contribution < -0.4 is 16.2 Å². The first-order valence-electron chi connectivity index (χ1n) is 14.8. The zero-order chi connectivity index (χ0) is 28.3. The lowest BCUT2D eigenvalue weighted by Crippen LogP contribution is -2.37. The Morgan fingerprint density at radius 1 is 1.13 bits per heavy atom. The average Bonchev–Trinajstić information content (AvgIpc) is 3.52. The number of ketones is 1. The third kappa shape index (κ3) is 6.49. The second-order valence-electron chi connectivity index (χ2n) is 12.4. The van der Waals surface area contributed by atoms with Crippen molar-refractivity contribution in [2.75, 3.05) is 6.61 Å². The van der Waals surface area contributed by atoms with Crippen LogP contribution in [0.2, 0.25) is 0 Å². The molecular formula is C31H46N2O6. The van der Waals surface area contributed by atoms with Crippen molar-refractivity contribution in [1.29, 1.82) is 0 Å². The molecule has 3 aliphatic rings. The van der Waals surface area contributed by atoms with E-state index < -0.39 is 18.1 Å². The molecule has 2 saturated carbocycles. The molecule has 5 N–H and O–H groups in total. The Bertz CT molecular complexity index is 1060. The van der Waals surface area contributed by atoms with Crippen LogP contribution in [0, 0.1) is 29.1 Å². The number of fused-ring (bicyclic) bond motifs is 3. The number of ether oxygens (including phenoxy) is 2. The number of carboxylic acid groups (broad SMARTS) is 1. The van der Waals surface area contributed by atoms with Gasteiger partial charge < -0.3 is 26.0 Å². The highest BCUT2D eigenvalue weighted by molar-refractivity contribution is 5.83. The van der Waals surface area contributed by atoms with E-state index in [1.807, 2.05) is 12.1 Å². The Kier molecular flexibility index (Phi) is 9.37. The summed E-state index contributed by atoms with van der Waals surface area (Å²) in [6, 6.07) is 4.76. The van der Waals surface area contributed by atoms with Gasteiger partial charge in [0.05, 0.1) is 6.04 Å². The number of rotatable bonds is 14. The van der Waals surface area contributed by atoms with Crippen molar-refractivity contribution in [2.24, 2.45) is 40.6 Å². The molecule has 216 valence electrons. The standard InChI is InChI=1S/C31H46N2O6/c1-4-5-6-8-20(12-26(34)18(2)32)11-23-16-31(23)25-14-21-9-7-10-27(38-17-29(35)36)24(21)13-22(25)15-28(31)39-30(37)19(3)33/h7,9-10,18-20,22-23,25,28H,4-6,8,11-17,32-33H2,1-3H3,(H,35,36)/t18?,19?,20-,22-,23?,25-,28+,31?/m0/s1. The number of benzene rings is 1. The number of aliphatic carboxylic acids is 1. The molecule has 1 aromatic carbocycles. The molecular weight excluding hydrogens is 496 g/mol. The van der Waals surface area contributed by atoms with E-state index in [9.17, 15) is 14.4 Å². The Morgan fingerprint density at radius 3 is 2.56 bits per heavy atom. The average molecular weight is 543 g/mol. The third-order valence-corrected chi connectivity index (χ3v) is 9.52. The monoisotopic (exact) mass is 542 g/mol. The molecule has 0 amide bonds. The zero-order valence-corrected chi connectivity index (χ0v) is 23.7. The number of hydrogen-bond donors (Lipinski definition) is 3. The number of nitrogens with two attached hydrogens (primary N) is 2. The molecule has 1 aromatic rings. The summed E-state index contributed by atoms with van der Waals surface area (Å²) in [5.41, 5.74) is 14.0. The summed E-state index contributed by atoms with van der Waals surface area (Å²) < 4.78 is 11.8. The van der Waals surface area contributed by atoms with Crippen molar-refractivity contribution in [1.82, 2.24) is 0 Å². The highest BCUT2D eigenvalue weighted by Gasteiger charge is 2.70. The van der Waals surface area contributed by atoms with Gasteiger partial charge in [0.15, 0.2) is 6.61 Å². The van der Waals surface area contributed by atoms with Gasteiger partial charge in [0, 0.05) is 11.8 Å². The van der Waals surface area contributed by atoms with Gasteiger partial charge in [-0.05, 0) is 86.8 Å². The normalized spacial score (nSPS) is 29.2. The molecule has 4 unspecified atom stereocenters. The molecule has 0 saturated heterocycles. The molecule has 1 spiro atoms. The number of hydrogen-bond acceptors (Lipinski definition) is 7. The van der Waals surface area contributed by atoms with E-state index in [2.05, 4.69) is 13.0 Å². The van der Waals surface area contributed by atoms with E-state index in [-0.39, 0.29) is 35.8 Å². The highest BCUT2D eigenvalue weighted by Crippen LogP contribution is 2.71. The minimum absolute atomic E-state index is 0.106. The lowest BCUT2D eigenvalue weighted by atomic mass is 9.72. The van der Waals surface area contributed by atoms with Crippen LogP contribution in [0.4, 0.5) is 0 Å². The van der Waals surface area contributed by atoms with Crippen molar-refractivity contribution < 1.29 is 29.0 Å². The fourth-order valence-electron chi connectivity index (χ4n) is 7.51. The summed E-state index contributed by atoms with van der Waals surface area (Å²) in [5, 5.41) is 9.11. The Hall–Kier alpha value is -2.45. The second kappa shape index (κ2) is 12.4. The first-order valence-corrected chi connectivity index (χ1v) is 14.8. The quantitative estimate of drug-likeness (QED) is 0.236. The minimum atomic E-state index is -0.999. The van der Waals surface area contributed by atoms with Crippen molar-refractivity contribution >= 4 is 17.7 Å². The lowest BCUT2D eigenvalue weighted by Gasteiger charge is -2.34. The molecule has 8 atom stereocenters. The van der Waals surface area contributed by atoms with E-state index in [1.54, 1.807) is 13.8 Å². The maximum atomic E-state index is 12.7. The predicted octanol–water partition coefficient (Wildman–Crippen LogP) is 4.04. The maximum absolute atomic E-state index is 12.7. The van der Waals surface area contributed by atoms with Gasteiger partial charge >= 0.3 is 11.9 Å². The zero-order valence-electron chi connectivity index (χ0n) is 23.7. The highest BCUT2D eigenvalue weighted by atomic mass is 16.5. The van der Waals surface area contributed by atoms with Crippen LogP contribution in [0.1, 0.15) is 83.3 Å². The third-order valence-electron chi connectivity index (χ3n) is 9.52. The molecule has 8 heteroatoms. The van der Waals surface area contributed by atoms with E-state index in [0.717, 1.165) is 63.4 Å². The summed E-state index contributed by atoms with van der Waals surface area (Å²) in [4.78, 5) is 36.4. The van der Waals surface area contributed by atoms with Gasteiger partial charge in [-0.3, -0.25) is 9.59 Å². The van der Waals surface area contributed by atoms with E-state index in [0.29, 0.717) is 29.9 Å². The van der Waals surface area contributed by atoms with Gasteiger partial charge in [0.25, 0.3) is 0 Å². The number of Topliss-reactive ketones (excluding diaryl/α,β-unsaturated/α-hetero) is 1. The Labute approximate surface area is 232 Å². The summed E-state index contributed by atoms with van der Waals surface area (Å²) in [5.74, 6) is 0.739. The maximum Gasteiger partial charge on any atom is 0.341 e. The molecule has 0 heterocycles. The first-order chi connectivity index (χ1) is 18.6. The number of esters is 1. The SMILES string of the molecule is CCCCC[C@H](CC(=O)C(C)N)CC1CC12[C@H](OC(=O)C(C)N)C[C@@H]1Cc3c(cccc3OCC(=O)O)C[C@@H]12. The Balaban J connectivity index is 1.57. The van der Waals surface area contributed by atoms with Crippen LogP contribution >= 0.6 is 0 Å². The predicted molar refractivity (Wildman–Crippen MR) is 148 cm³/mol. The van der Waals surface area contributed by atoms with Crippen LogP contribution in [0.3, 0.4) is 0 Å². The van der Waals surface area contributed by atoms with Crippen LogP contribution in [0.25, 0.3) is 0 Å². The number of unbranched alkanes of at least 4 members (excludes halogenated alkanes) is 2. The van der Waals surface area contributed by atoms with Crippen molar-refractivity contribution in [3.8, 4) is 5.75 Å². The van der Waals surface area contributed by atoms with Crippen LogP contribution in [-0.4, -0.2) is 47.6 Å². The van der Waals surface area contributed by atoms with Crippen LogP contribution in [-0.2, 0) is 32.0 Å². The fourth-order valence-corrected chi connectivity index (χ4v) is 7.51. The summed E-state index contributed by atoms with van der Waals surface area (Å²) in [6.07, 6.45) is 9.07. The van der Waals surface area contributed by atoms with Gasteiger partial charge in [-0.2, -0.15) is 0 Å². The molecule has 0 radical (unpaired) electrons. The van der Waals surface area contributed by atoms with Gasteiger partial charge in [0.2, 0.25) is 0 Å². The molecule has 8 nitrogen and oxygen atoms in total. The van der Waals surface area contributed by atoms with Gasteiger partial charge in [-0.1, -0.05) is 44.7 Å². The largest absolute Gasteiger partial charge is 0.482 e. The molecule has 0 bridgehead atoms. The molecule has 0 aliphatic heterocycles. The second-order valence-corrected chi connectivity index (χ2v) is 12.4.